The van der Waals surface area contributed by atoms with Crippen molar-refractivity contribution >= 4 is 33.5 Å². The van der Waals surface area contributed by atoms with Gasteiger partial charge in [-0.2, -0.15) is 0 Å². The minimum Gasteiger partial charge on any atom is -0.462 e. The minimum absolute atomic E-state index is 0.117. The van der Waals surface area contributed by atoms with Crippen LogP contribution in [0.5, 0.6) is 0 Å². The average Bonchev–Trinajstić information content (AvgIpc) is 3.67. The number of esters is 2. The van der Waals surface area contributed by atoms with E-state index in [4.69, 9.17) is 9.47 Å². The molecular formula is C50H70O7S2. The van der Waals surface area contributed by atoms with Crippen LogP contribution in [0.3, 0.4) is 0 Å². The summed E-state index contributed by atoms with van der Waals surface area (Å²) < 4.78 is 12.5. The second-order valence-corrected chi connectivity index (χ2v) is 23.2. The first-order valence-electron chi connectivity index (χ1n) is 23.3. The molecule has 1 aromatic rings. The molecule has 5 fully saturated rings. The maximum atomic E-state index is 15.4. The van der Waals surface area contributed by atoms with E-state index in [-0.39, 0.29) is 30.9 Å². The number of aliphatic hydroxyl groups is 3. The maximum Gasteiger partial charge on any atom is 0.331 e. The molecule has 1 saturated heterocycles. The van der Waals surface area contributed by atoms with Crippen LogP contribution in [-0.2, 0) is 25.5 Å². The Balaban J connectivity index is 1.30. The smallest absolute Gasteiger partial charge is 0.331 e. The van der Waals surface area contributed by atoms with Gasteiger partial charge in [0.1, 0.15) is 12.7 Å². The molecular weight excluding hydrogens is 777 g/mol. The standard InChI is InChI=1S/C50H70O7S2/c1-34-18-19-41(51)50-42(52)21-25-47(3,38-15-8-5-9-16-38)44(50)40-30-46(2,49(50,55)26-20-36-29-43(53)56-31-36)22-12-24-48(45(54)57-40)23-11-10-17-39(48)33-59-58-32-37(27-34)28-35-13-6-4-7-14-35/h4,6-7,13-14,29,34,37-42,44,51-52,55H,5,8-11,15-21,23-28,30-33H2,1-3H3/t34-,37+,39+,40-,41+,42+,44+,46+,47+,48+,49-,50+/m1/s1. The van der Waals surface area contributed by atoms with Gasteiger partial charge in [-0.05, 0) is 124 Å². The van der Waals surface area contributed by atoms with Crippen molar-refractivity contribution in [1.82, 2.24) is 0 Å². The zero-order valence-electron chi connectivity index (χ0n) is 35.9. The van der Waals surface area contributed by atoms with E-state index in [1.54, 1.807) is 6.08 Å². The Labute approximate surface area is 361 Å². The molecule has 0 aromatic heterocycles. The third-order valence-electron chi connectivity index (χ3n) is 17.3. The molecule has 0 unspecified atom stereocenters. The first-order chi connectivity index (χ1) is 28.3. The molecule has 4 bridgehead atoms. The number of cyclic esters (lactones) is 1. The van der Waals surface area contributed by atoms with Crippen molar-refractivity contribution in [2.75, 3.05) is 18.1 Å². The third kappa shape index (κ3) is 7.89. The van der Waals surface area contributed by atoms with Gasteiger partial charge in [0.25, 0.3) is 0 Å². The van der Waals surface area contributed by atoms with E-state index >= 15 is 4.79 Å². The van der Waals surface area contributed by atoms with Crippen LogP contribution in [0, 0.1) is 63.1 Å². The van der Waals surface area contributed by atoms with E-state index in [0.717, 1.165) is 94.1 Å². The van der Waals surface area contributed by atoms with E-state index in [2.05, 4.69) is 56.0 Å². The molecule has 59 heavy (non-hydrogen) atoms. The van der Waals surface area contributed by atoms with Crippen molar-refractivity contribution < 1.29 is 34.4 Å². The summed E-state index contributed by atoms with van der Waals surface area (Å²) in [6, 6.07) is 10.8. The molecule has 1 aromatic carbocycles. The maximum absolute atomic E-state index is 15.4. The number of rotatable bonds is 6. The fourth-order valence-corrected chi connectivity index (χ4v) is 17.1. The number of aliphatic hydroxyl groups excluding tert-OH is 2. The molecule has 0 amide bonds. The Morgan fingerprint density at radius 2 is 1.59 bits per heavy atom. The Hall–Kier alpha value is -1.96. The zero-order valence-corrected chi connectivity index (χ0v) is 37.6. The first-order valence-corrected chi connectivity index (χ1v) is 25.8. The van der Waals surface area contributed by atoms with Crippen LogP contribution in [0.25, 0.3) is 0 Å². The number of ether oxygens (including phenoxy) is 2. The van der Waals surface area contributed by atoms with Crippen LogP contribution in [0.15, 0.2) is 42.0 Å². The Kier molecular flexibility index (Phi) is 13.1. The van der Waals surface area contributed by atoms with Crippen molar-refractivity contribution in [2.24, 2.45) is 51.2 Å². The number of carbonyl (C=O) groups is 2. The van der Waals surface area contributed by atoms with Gasteiger partial charge in [0.2, 0.25) is 0 Å². The van der Waals surface area contributed by atoms with E-state index in [9.17, 15) is 20.1 Å². The summed E-state index contributed by atoms with van der Waals surface area (Å²) in [6.07, 6.45) is 13.8. The summed E-state index contributed by atoms with van der Waals surface area (Å²) in [6.45, 7) is 6.86. The highest BCUT2D eigenvalue weighted by Crippen LogP contribution is 2.72. The number of fused-ring (bicyclic) bond motifs is 2. The van der Waals surface area contributed by atoms with Gasteiger partial charge >= 0.3 is 11.9 Å². The van der Waals surface area contributed by atoms with Gasteiger partial charge < -0.3 is 24.8 Å². The lowest BCUT2D eigenvalue weighted by Gasteiger charge is -2.72. The van der Waals surface area contributed by atoms with Gasteiger partial charge in [-0.25, -0.2) is 4.79 Å². The van der Waals surface area contributed by atoms with Crippen LogP contribution in [0.4, 0.5) is 0 Å². The lowest BCUT2D eigenvalue weighted by Crippen LogP contribution is -2.79. The number of benzene rings is 1. The molecule has 4 saturated carbocycles. The molecule has 7 nitrogen and oxygen atoms in total. The summed E-state index contributed by atoms with van der Waals surface area (Å²) in [7, 11) is 3.86. The molecule has 4 aliphatic carbocycles. The second kappa shape index (κ2) is 17.7. The number of carbonyl (C=O) groups excluding carboxylic acids is 2. The molecule has 3 aliphatic heterocycles. The van der Waals surface area contributed by atoms with Gasteiger partial charge in [-0.15, -0.1) is 5.92 Å². The average molecular weight is 847 g/mol. The van der Waals surface area contributed by atoms with E-state index in [1.807, 2.05) is 28.5 Å². The van der Waals surface area contributed by atoms with E-state index < -0.39 is 51.5 Å². The number of hydrogen-bond acceptors (Lipinski definition) is 9. The molecule has 12 atom stereocenters. The van der Waals surface area contributed by atoms with E-state index in [0.29, 0.717) is 49.9 Å². The fourth-order valence-electron chi connectivity index (χ4n) is 14.2. The quantitative estimate of drug-likeness (QED) is 0.146. The van der Waals surface area contributed by atoms with E-state index in [1.165, 1.54) is 12.0 Å². The van der Waals surface area contributed by atoms with Gasteiger partial charge in [0, 0.05) is 36.3 Å². The van der Waals surface area contributed by atoms with Crippen LogP contribution in [0.2, 0.25) is 0 Å². The van der Waals surface area contributed by atoms with Crippen LogP contribution >= 0.6 is 21.6 Å². The summed E-state index contributed by atoms with van der Waals surface area (Å²) in [5.74, 6) is 9.29. The van der Waals surface area contributed by atoms with Gasteiger partial charge in [0.15, 0.2) is 0 Å². The molecule has 8 rings (SSSR count). The van der Waals surface area contributed by atoms with Crippen molar-refractivity contribution in [3.05, 3.63) is 47.5 Å². The molecule has 1 spiro atoms. The predicted octanol–water partition coefficient (Wildman–Crippen LogP) is 9.65. The third-order valence-corrected chi connectivity index (χ3v) is 19.9. The van der Waals surface area contributed by atoms with Crippen molar-refractivity contribution in [2.45, 2.75) is 167 Å². The van der Waals surface area contributed by atoms with Gasteiger partial charge in [-0.1, -0.05) is 104 Å². The predicted molar refractivity (Wildman–Crippen MR) is 236 cm³/mol. The fraction of sp³-hybridized carbons (Fsp3) is 0.760. The highest BCUT2D eigenvalue weighted by atomic mass is 33.1. The largest absolute Gasteiger partial charge is 0.462 e. The Bertz CT molecular complexity index is 1770. The molecule has 324 valence electrons. The normalized spacial score (nSPS) is 43.4. The lowest BCUT2D eigenvalue weighted by molar-refractivity contribution is -0.339. The second-order valence-electron chi connectivity index (χ2n) is 20.7. The molecule has 3 heterocycles. The molecule has 3 N–H and O–H groups in total. The van der Waals surface area contributed by atoms with Crippen molar-refractivity contribution in [3.63, 3.8) is 0 Å². The lowest BCUT2D eigenvalue weighted by atomic mass is 9.35. The summed E-state index contributed by atoms with van der Waals surface area (Å²) in [4.78, 5) is 27.7. The highest BCUT2D eigenvalue weighted by Gasteiger charge is 2.78. The van der Waals surface area contributed by atoms with Crippen LogP contribution < -0.4 is 0 Å². The summed E-state index contributed by atoms with van der Waals surface area (Å²) >= 11 is 0. The highest BCUT2D eigenvalue weighted by molar-refractivity contribution is 8.76. The van der Waals surface area contributed by atoms with Gasteiger partial charge in [0.05, 0.1) is 34.1 Å². The Morgan fingerprint density at radius 3 is 2.36 bits per heavy atom. The topological polar surface area (TPSA) is 113 Å². The summed E-state index contributed by atoms with van der Waals surface area (Å²) in [5.41, 5.74) is -3.25. The number of hydrogen-bond donors (Lipinski definition) is 3. The minimum atomic E-state index is -1.68. The zero-order chi connectivity index (χ0) is 41.5. The first kappa shape index (κ1) is 43.7. The van der Waals surface area contributed by atoms with Crippen molar-refractivity contribution in [3.8, 4) is 11.8 Å². The SMILES string of the molecule is C[C@@H]1CC[C@H](O)[C@]23[C@@H]([C@H]4C[C@](C)(C#CC[C@]5(CCCC[C@H]5CSSC[C@H](Cc5ccccc5)C1)C(=O)O4)[C@]2(O)CCC1=CC(=O)OC1)[C@](C)(C1CCCCC1)CC[C@@H]3O. The van der Waals surface area contributed by atoms with Crippen LogP contribution in [-0.4, -0.2) is 69.3 Å². The van der Waals surface area contributed by atoms with Crippen LogP contribution in [0.1, 0.15) is 142 Å². The molecule has 0 radical (unpaired) electrons. The molecule has 9 heteroatoms. The Morgan fingerprint density at radius 1 is 0.864 bits per heavy atom. The van der Waals surface area contributed by atoms with Gasteiger partial charge in [-0.3, -0.25) is 4.79 Å². The molecule has 7 aliphatic rings. The monoisotopic (exact) mass is 846 g/mol. The van der Waals surface area contributed by atoms with Crippen molar-refractivity contribution in [1.29, 1.82) is 0 Å². The summed E-state index contributed by atoms with van der Waals surface area (Å²) in [5, 5.41) is 40.7.